The van der Waals surface area contributed by atoms with Crippen molar-refractivity contribution in [3.8, 4) is 11.4 Å². The van der Waals surface area contributed by atoms with Crippen molar-refractivity contribution in [2.75, 3.05) is 0 Å². The van der Waals surface area contributed by atoms with E-state index in [4.69, 9.17) is 0 Å². The van der Waals surface area contributed by atoms with Gasteiger partial charge in [0.05, 0.1) is 6.21 Å². The van der Waals surface area contributed by atoms with Crippen LogP contribution in [0.25, 0.3) is 17.5 Å². The van der Waals surface area contributed by atoms with Crippen molar-refractivity contribution in [2.24, 2.45) is 5.10 Å². The monoisotopic (exact) mass is 402 g/mol. The molecule has 0 aliphatic heterocycles. The summed E-state index contributed by atoms with van der Waals surface area (Å²) in [7, 11) is 0. The van der Waals surface area contributed by atoms with E-state index in [0.29, 0.717) is 5.82 Å². The fraction of sp³-hybridized carbons (Fsp3) is 0.261. The third kappa shape index (κ3) is 6.77. The van der Waals surface area contributed by atoms with E-state index >= 15 is 0 Å². The first-order chi connectivity index (χ1) is 14.7. The maximum atomic E-state index is 12.2. The molecule has 0 aliphatic carbocycles. The minimum absolute atomic E-state index is 0.0509. The number of hydrazone groups is 1. The molecule has 0 fully saturated rings. The zero-order chi connectivity index (χ0) is 21.0. The molecule has 3 aromatic rings. The van der Waals surface area contributed by atoms with Crippen LogP contribution in [-0.2, 0) is 11.3 Å². The van der Waals surface area contributed by atoms with Gasteiger partial charge in [0, 0.05) is 5.56 Å². The maximum Gasteiger partial charge on any atom is 0.263 e. The molecule has 1 amide bonds. The smallest absolute Gasteiger partial charge is 0.263 e. The van der Waals surface area contributed by atoms with Gasteiger partial charge in [-0.25, -0.2) is 5.43 Å². The Morgan fingerprint density at radius 2 is 1.80 bits per heavy atom. The number of hydrogen-bond donors (Lipinski definition) is 1. The number of benzene rings is 2. The van der Waals surface area contributed by atoms with Crippen LogP contribution < -0.4 is 5.43 Å². The Hall–Kier alpha value is -3.61. The molecule has 0 aliphatic rings. The van der Waals surface area contributed by atoms with Crippen LogP contribution in [0, 0.1) is 0 Å². The molecule has 2 aromatic carbocycles. The first-order valence-electron chi connectivity index (χ1n) is 10.2. The Labute approximate surface area is 176 Å². The second-order valence-corrected chi connectivity index (χ2v) is 6.89. The second kappa shape index (κ2) is 11.4. The highest BCUT2D eigenvalue weighted by molar-refractivity contribution is 5.86. The summed E-state index contributed by atoms with van der Waals surface area (Å²) in [6.45, 7) is 2.13. The topological polar surface area (TPSA) is 85.1 Å². The molecular weight excluding hydrogens is 376 g/mol. The van der Waals surface area contributed by atoms with Crippen molar-refractivity contribution in [3.63, 3.8) is 0 Å². The minimum Gasteiger partial charge on any atom is -0.271 e. The molecule has 0 saturated carbocycles. The summed E-state index contributed by atoms with van der Waals surface area (Å²) in [5, 5.41) is 16.3. The van der Waals surface area contributed by atoms with Crippen molar-refractivity contribution < 1.29 is 4.79 Å². The molecule has 30 heavy (non-hydrogen) atoms. The number of unbranched alkanes of at least 4 members (excludes halogenated alkanes) is 2. The van der Waals surface area contributed by atoms with Crippen molar-refractivity contribution >= 4 is 18.2 Å². The Morgan fingerprint density at radius 3 is 2.53 bits per heavy atom. The quantitative estimate of drug-likeness (QED) is 0.314. The average molecular weight is 403 g/mol. The third-order valence-electron chi connectivity index (χ3n) is 4.41. The molecular formula is C23H26N6O. The van der Waals surface area contributed by atoms with E-state index in [-0.39, 0.29) is 12.5 Å². The zero-order valence-corrected chi connectivity index (χ0v) is 17.1. The van der Waals surface area contributed by atoms with Gasteiger partial charge in [0.2, 0.25) is 5.82 Å². The molecule has 0 unspecified atom stereocenters. The van der Waals surface area contributed by atoms with Crippen molar-refractivity contribution in [1.82, 2.24) is 25.6 Å². The maximum absolute atomic E-state index is 12.2. The largest absolute Gasteiger partial charge is 0.271 e. The van der Waals surface area contributed by atoms with Crippen molar-refractivity contribution in [2.45, 2.75) is 39.2 Å². The Kier molecular flexibility index (Phi) is 8.02. The number of amides is 1. The van der Waals surface area contributed by atoms with Crippen LogP contribution in [0.4, 0.5) is 0 Å². The molecule has 1 N–H and O–H groups in total. The van der Waals surface area contributed by atoms with E-state index in [1.54, 1.807) is 6.21 Å². The normalized spacial score (nSPS) is 11.7. The zero-order valence-electron chi connectivity index (χ0n) is 17.1. The standard InChI is InChI=1S/C23H26N6O/c1-2-3-6-13-20(16-19-11-7-4-8-12-19)17-24-25-22(30)18-29-27-23(26-28-29)21-14-9-5-10-15-21/h4-5,7-12,14-17H,2-3,6,13,18H2,1H3,(H,25,30)/b20-16+,24-17+. The van der Waals surface area contributed by atoms with Gasteiger partial charge in [-0.1, -0.05) is 86.5 Å². The number of carbonyl (C=O) groups excluding carboxylic acids is 1. The molecule has 3 rings (SSSR count). The summed E-state index contributed by atoms with van der Waals surface area (Å²) in [5.74, 6) is 0.173. The van der Waals surface area contributed by atoms with Crippen LogP contribution in [0.5, 0.6) is 0 Å². The second-order valence-electron chi connectivity index (χ2n) is 6.89. The van der Waals surface area contributed by atoms with Gasteiger partial charge in [-0.15, -0.1) is 10.2 Å². The molecule has 7 nitrogen and oxygen atoms in total. The third-order valence-corrected chi connectivity index (χ3v) is 4.41. The summed E-state index contributed by atoms with van der Waals surface area (Å²) < 4.78 is 0. The van der Waals surface area contributed by atoms with Gasteiger partial charge < -0.3 is 0 Å². The summed E-state index contributed by atoms with van der Waals surface area (Å²) in [4.78, 5) is 13.4. The number of carbonyl (C=O) groups is 1. The summed E-state index contributed by atoms with van der Waals surface area (Å²) in [6.07, 6.45) is 8.12. The number of nitrogens with one attached hydrogen (secondary N) is 1. The van der Waals surface area contributed by atoms with E-state index < -0.39 is 0 Å². The molecule has 0 atom stereocenters. The van der Waals surface area contributed by atoms with Crippen molar-refractivity contribution in [1.29, 1.82) is 0 Å². The predicted octanol–water partition coefficient (Wildman–Crippen LogP) is 4.11. The number of rotatable bonds is 10. The fourth-order valence-corrected chi connectivity index (χ4v) is 2.88. The lowest BCUT2D eigenvalue weighted by Crippen LogP contribution is -2.24. The minimum atomic E-state index is -0.309. The number of allylic oxidation sites excluding steroid dienone is 1. The van der Waals surface area contributed by atoms with E-state index in [2.05, 4.69) is 38.9 Å². The van der Waals surface area contributed by atoms with E-state index in [1.807, 2.05) is 60.7 Å². The molecule has 1 aromatic heterocycles. The predicted molar refractivity (Wildman–Crippen MR) is 118 cm³/mol. The Bertz CT molecular complexity index is 979. The molecule has 154 valence electrons. The summed E-state index contributed by atoms with van der Waals surface area (Å²) in [5.41, 5.74) is 5.58. The fourth-order valence-electron chi connectivity index (χ4n) is 2.88. The van der Waals surface area contributed by atoms with Gasteiger partial charge >= 0.3 is 0 Å². The number of tetrazole rings is 1. The van der Waals surface area contributed by atoms with Gasteiger partial charge in [-0.3, -0.25) is 4.79 Å². The average Bonchev–Trinajstić information content (AvgIpc) is 3.23. The van der Waals surface area contributed by atoms with Gasteiger partial charge in [0.25, 0.3) is 5.91 Å². The van der Waals surface area contributed by atoms with E-state index in [1.165, 1.54) is 4.80 Å². The highest BCUT2D eigenvalue weighted by Crippen LogP contribution is 2.13. The lowest BCUT2D eigenvalue weighted by molar-refractivity contribution is -0.122. The van der Waals surface area contributed by atoms with Crippen LogP contribution in [0.1, 0.15) is 38.2 Å². The van der Waals surface area contributed by atoms with E-state index in [9.17, 15) is 4.79 Å². The summed E-state index contributed by atoms with van der Waals surface area (Å²) in [6, 6.07) is 19.6. The lowest BCUT2D eigenvalue weighted by atomic mass is 10.1. The highest BCUT2D eigenvalue weighted by atomic mass is 16.2. The molecule has 0 radical (unpaired) electrons. The van der Waals surface area contributed by atoms with Crippen LogP contribution in [0.15, 0.2) is 71.3 Å². The molecule has 0 spiro atoms. The number of nitrogens with zero attached hydrogens (tertiary/aromatic N) is 5. The van der Waals surface area contributed by atoms with Gasteiger partial charge in [-0.2, -0.15) is 9.90 Å². The van der Waals surface area contributed by atoms with Crippen LogP contribution >= 0.6 is 0 Å². The van der Waals surface area contributed by atoms with Gasteiger partial charge in [0.15, 0.2) is 0 Å². The van der Waals surface area contributed by atoms with Crippen LogP contribution in [-0.4, -0.2) is 32.3 Å². The van der Waals surface area contributed by atoms with E-state index in [0.717, 1.165) is 42.4 Å². The molecule has 7 heteroatoms. The highest BCUT2D eigenvalue weighted by Gasteiger charge is 2.08. The molecule has 1 heterocycles. The Balaban J connectivity index is 1.57. The lowest BCUT2D eigenvalue weighted by Gasteiger charge is -2.03. The number of hydrogen-bond acceptors (Lipinski definition) is 5. The van der Waals surface area contributed by atoms with Crippen molar-refractivity contribution in [3.05, 3.63) is 71.8 Å². The van der Waals surface area contributed by atoms with Crippen LogP contribution in [0.2, 0.25) is 0 Å². The first kappa shape index (κ1) is 21.1. The molecule has 0 bridgehead atoms. The van der Waals surface area contributed by atoms with Gasteiger partial charge in [0.1, 0.15) is 6.54 Å². The molecule has 0 saturated heterocycles. The van der Waals surface area contributed by atoms with Gasteiger partial charge in [-0.05, 0) is 29.2 Å². The SMILES string of the molecule is CCCCCC(/C=N/NC(=O)Cn1nnc(-c2ccccc2)n1)=C\c1ccccc1. The first-order valence-corrected chi connectivity index (χ1v) is 10.2. The Morgan fingerprint density at radius 1 is 1.07 bits per heavy atom. The number of aromatic nitrogens is 4. The summed E-state index contributed by atoms with van der Waals surface area (Å²) >= 11 is 0. The van der Waals surface area contributed by atoms with Crippen LogP contribution in [0.3, 0.4) is 0 Å².